The average molecular weight is 482 g/mol. The Balaban J connectivity index is 1.44. The van der Waals surface area contributed by atoms with Crippen molar-refractivity contribution in [1.29, 1.82) is 0 Å². The topological polar surface area (TPSA) is 99.4 Å². The lowest BCUT2D eigenvalue weighted by atomic mass is 9.69. The van der Waals surface area contributed by atoms with Crippen molar-refractivity contribution in [2.24, 2.45) is 0 Å². The third-order valence-corrected chi connectivity index (χ3v) is 8.47. The minimum Gasteiger partial charge on any atom is -0.477 e. The van der Waals surface area contributed by atoms with Crippen LogP contribution >= 0.6 is 0 Å². The van der Waals surface area contributed by atoms with Gasteiger partial charge in [-0.05, 0) is 60.8 Å². The first-order chi connectivity index (χ1) is 16.2. The van der Waals surface area contributed by atoms with Gasteiger partial charge in [0.05, 0.1) is 11.8 Å². The van der Waals surface area contributed by atoms with Crippen LogP contribution in [0, 0.1) is 0 Å². The molecule has 1 N–H and O–H groups in total. The van der Waals surface area contributed by atoms with E-state index in [0.717, 1.165) is 37.1 Å². The Kier molecular flexibility index (Phi) is 5.58. The lowest BCUT2D eigenvalue weighted by Gasteiger charge is -2.48. The smallest absolute Gasteiger partial charge is 0.341 e. The van der Waals surface area contributed by atoms with Crippen LogP contribution in [0.5, 0.6) is 0 Å². The fourth-order valence-corrected chi connectivity index (χ4v) is 6.34. The molecule has 0 saturated carbocycles. The third kappa shape index (κ3) is 3.93. The number of benzene rings is 1. The summed E-state index contributed by atoms with van der Waals surface area (Å²) in [5, 5.41) is 9.52. The number of nitrogens with zero attached hydrogens (tertiary/aromatic N) is 3. The first-order valence-corrected chi connectivity index (χ1v) is 13.2. The predicted molar refractivity (Wildman–Crippen MR) is 129 cm³/mol. The molecular formula is C25H27N3O5S. The van der Waals surface area contributed by atoms with Gasteiger partial charge in [-0.1, -0.05) is 30.3 Å². The zero-order chi connectivity index (χ0) is 24.1. The highest BCUT2D eigenvalue weighted by Crippen LogP contribution is 2.42. The molecule has 5 rings (SSSR count). The second kappa shape index (κ2) is 8.33. The molecule has 9 heteroatoms. The van der Waals surface area contributed by atoms with Gasteiger partial charge in [0.2, 0.25) is 10.0 Å². The molecule has 0 bridgehead atoms. The highest BCUT2D eigenvalue weighted by atomic mass is 32.2. The monoisotopic (exact) mass is 481 g/mol. The van der Waals surface area contributed by atoms with Crippen molar-refractivity contribution in [3.63, 3.8) is 0 Å². The highest BCUT2D eigenvalue weighted by Gasteiger charge is 2.43. The van der Waals surface area contributed by atoms with Crippen LogP contribution in [0.15, 0.2) is 59.5 Å². The molecule has 0 amide bonds. The van der Waals surface area contributed by atoms with Gasteiger partial charge in [-0.3, -0.25) is 14.1 Å². The minimum absolute atomic E-state index is 0.239. The van der Waals surface area contributed by atoms with Crippen LogP contribution in [-0.2, 0) is 28.5 Å². The SMILES string of the molecule is CS(=O)(=O)N1Cc2ccccc2C2(CCN(Cc3cc(C(=O)O)c(=O)n4ccccc34)CC2)C1. The van der Waals surface area contributed by atoms with Crippen LogP contribution in [0.4, 0.5) is 0 Å². The van der Waals surface area contributed by atoms with Gasteiger partial charge in [-0.2, -0.15) is 4.31 Å². The van der Waals surface area contributed by atoms with Gasteiger partial charge in [0.25, 0.3) is 5.56 Å². The van der Waals surface area contributed by atoms with Crippen molar-refractivity contribution >= 4 is 21.5 Å². The van der Waals surface area contributed by atoms with Crippen molar-refractivity contribution in [3.8, 4) is 0 Å². The summed E-state index contributed by atoms with van der Waals surface area (Å²) in [6.07, 6.45) is 4.46. The van der Waals surface area contributed by atoms with Gasteiger partial charge in [0, 0.05) is 31.2 Å². The molecule has 34 heavy (non-hydrogen) atoms. The number of pyridine rings is 2. The van der Waals surface area contributed by atoms with E-state index in [1.54, 1.807) is 16.6 Å². The van der Waals surface area contributed by atoms with Crippen molar-refractivity contribution in [3.05, 3.63) is 87.3 Å². The van der Waals surface area contributed by atoms with E-state index in [4.69, 9.17) is 0 Å². The molecule has 4 heterocycles. The second-order valence-corrected chi connectivity index (χ2v) is 11.4. The molecule has 1 fully saturated rings. The molecule has 0 atom stereocenters. The number of carboxylic acid groups (broad SMARTS) is 1. The maximum atomic E-state index is 12.6. The molecule has 1 spiro atoms. The number of hydrogen-bond acceptors (Lipinski definition) is 5. The first kappa shape index (κ1) is 22.8. The van der Waals surface area contributed by atoms with E-state index >= 15 is 0 Å². The van der Waals surface area contributed by atoms with Crippen molar-refractivity contribution in [1.82, 2.24) is 13.6 Å². The number of aromatic carboxylic acids is 1. The first-order valence-electron chi connectivity index (χ1n) is 11.3. The molecule has 2 aliphatic heterocycles. The minimum atomic E-state index is -3.32. The van der Waals surface area contributed by atoms with E-state index in [0.29, 0.717) is 25.2 Å². The van der Waals surface area contributed by atoms with Crippen LogP contribution in [0.2, 0.25) is 0 Å². The van der Waals surface area contributed by atoms with Gasteiger partial charge in [0.1, 0.15) is 5.56 Å². The largest absolute Gasteiger partial charge is 0.477 e. The fourth-order valence-electron chi connectivity index (χ4n) is 5.49. The van der Waals surface area contributed by atoms with E-state index in [-0.39, 0.29) is 11.0 Å². The van der Waals surface area contributed by atoms with Crippen molar-refractivity contribution in [2.45, 2.75) is 31.3 Å². The molecule has 178 valence electrons. The van der Waals surface area contributed by atoms with Crippen LogP contribution < -0.4 is 5.56 Å². The third-order valence-electron chi connectivity index (χ3n) is 7.28. The Morgan fingerprint density at radius 1 is 1.09 bits per heavy atom. The number of piperidine rings is 1. The van der Waals surface area contributed by atoms with Gasteiger partial charge in [-0.25, -0.2) is 13.2 Å². The second-order valence-electron chi connectivity index (χ2n) is 9.39. The highest BCUT2D eigenvalue weighted by molar-refractivity contribution is 7.88. The van der Waals surface area contributed by atoms with Gasteiger partial charge >= 0.3 is 5.97 Å². The molecule has 2 aromatic heterocycles. The molecule has 0 unspecified atom stereocenters. The van der Waals surface area contributed by atoms with Crippen molar-refractivity contribution < 1.29 is 18.3 Å². The molecule has 0 radical (unpaired) electrons. The molecule has 0 aliphatic carbocycles. The normalized spacial score (nSPS) is 18.7. The lowest BCUT2D eigenvalue weighted by molar-refractivity contribution is 0.0694. The molecule has 3 aromatic rings. The van der Waals surface area contributed by atoms with E-state index in [9.17, 15) is 23.1 Å². The van der Waals surface area contributed by atoms with Gasteiger partial charge < -0.3 is 5.11 Å². The fraction of sp³-hybridized carbons (Fsp3) is 0.360. The van der Waals surface area contributed by atoms with E-state index in [2.05, 4.69) is 11.0 Å². The molecule has 1 aromatic carbocycles. The zero-order valence-corrected chi connectivity index (χ0v) is 19.8. The quantitative estimate of drug-likeness (QED) is 0.614. The summed E-state index contributed by atoms with van der Waals surface area (Å²) in [5.74, 6) is -1.23. The summed E-state index contributed by atoms with van der Waals surface area (Å²) in [6, 6.07) is 15.0. The molecular weight excluding hydrogens is 454 g/mol. The lowest BCUT2D eigenvalue weighted by Crippen LogP contribution is -2.52. The van der Waals surface area contributed by atoms with E-state index in [1.165, 1.54) is 22.3 Å². The average Bonchev–Trinajstić information content (AvgIpc) is 2.81. The number of rotatable bonds is 4. The number of carboxylic acids is 1. The Morgan fingerprint density at radius 2 is 1.79 bits per heavy atom. The Morgan fingerprint density at radius 3 is 2.50 bits per heavy atom. The summed E-state index contributed by atoms with van der Waals surface area (Å²) in [7, 11) is -3.32. The number of fused-ring (bicyclic) bond motifs is 3. The number of carbonyl (C=O) groups is 1. The maximum Gasteiger partial charge on any atom is 0.341 e. The number of likely N-dealkylation sites (tertiary alicyclic amines) is 1. The maximum absolute atomic E-state index is 12.6. The van der Waals surface area contributed by atoms with E-state index < -0.39 is 21.6 Å². The predicted octanol–water partition coefficient (Wildman–Crippen LogP) is 2.31. The van der Waals surface area contributed by atoms with Crippen LogP contribution in [0.25, 0.3) is 5.52 Å². The van der Waals surface area contributed by atoms with Crippen molar-refractivity contribution in [2.75, 3.05) is 25.9 Å². The number of hydrogen-bond donors (Lipinski definition) is 1. The van der Waals surface area contributed by atoms with Gasteiger partial charge in [0.15, 0.2) is 0 Å². The molecule has 8 nitrogen and oxygen atoms in total. The summed E-state index contributed by atoms with van der Waals surface area (Å²) < 4.78 is 27.8. The summed E-state index contributed by atoms with van der Waals surface area (Å²) >= 11 is 0. The summed E-state index contributed by atoms with van der Waals surface area (Å²) in [4.78, 5) is 26.5. The van der Waals surface area contributed by atoms with E-state index in [1.807, 2.05) is 30.3 Å². The Hall–Kier alpha value is -3.01. The summed E-state index contributed by atoms with van der Waals surface area (Å²) in [6.45, 7) is 2.88. The van der Waals surface area contributed by atoms with Gasteiger partial charge in [-0.15, -0.1) is 0 Å². The summed E-state index contributed by atoms with van der Waals surface area (Å²) in [5.41, 5.74) is 2.77. The van der Waals surface area contributed by atoms with Crippen LogP contribution in [0.1, 0.15) is 39.9 Å². The Labute approximate surface area is 198 Å². The van der Waals surface area contributed by atoms with Crippen LogP contribution in [-0.4, -0.2) is 59.0 Å². The number of sulfonamides is 1. The Bertz CT molecular complexity index is 1440. The standard InChI is InChI=1S/C25H27N3O5S/c1-34(32,33)27-16-18-6-2-3-7-21(18)25(17-27)9-12-26(13-10-25)15-19-14-20(24(30)31)23(29)28-11-5-4-8-22(19)28/h2-8,11,14H,9-10,12-13,15-17H2,1H3,(H,30,31). The number of aromatic nitrogens is 1. The van der Waals surface area contributed by atoms with Crippen LogP contribution in [0.3, 0.4) is 0 Å². The molecule has 1 saturated heterocycles. The molecule has 2 aliphatic rings. The zero-order valence-electron chi connectivity index (χ0n) is 19.0.